The van der Waals surface area contributed by atoms with Crippen LogP contribution in [0.15, 0.2) is 11.4 Å². The lowest BCUT2D eigenvalue weighted by molar-refractivity contribution is -0.136. The molecule has 1 atom stereocenters. The molecule has 0 aliphatic heterocycles. The van der Waals surface area contributed by atoms with E-state index in [4.69, 9.17) is 5.73 Å². The molecule has 0 aliphatic rings. The van der Waals surface area contributed by atoms with Crippen LogP contribution in [0, 0.1) is 6.92 Å². The summed E-state index contributed by atoms with van der Waals surface area (Å²) in [6.07, 6.45) is -4.97. The summed E-state index contributed by atoms with van der Waals surface area (Å²) in [5, 5.41) is 1.85. The van der Waals surface area contributed by atoms with Gasteiger partial charge in [-0.05, 0) is 30.4 Å². The second-order valence-corrected chi connectivity index (χ2v) is 4.31. The van der Waals surface area contributed by atoms with Crippen LogP contribution in [0.3, 0.4) is 0 Å². The van der Waals surface area contributed by atoms with Crippen molar-refractivity contribution in [3.63, 3.8) is 0 Å². The van der Waals surface area contributed by atoms with Gasteiger partial charge in [0, 0.05) is 17.3 Å². The monoisotopic (exact) mass is 223 g/mol. The van der Waals surface area contributed by atoms with Gasteiger partial charge in [0.1, 0.15) is 0 Å². The number of thiophene rings is 1. The molecular formula is C9H12F3NS. The largest absolute Gasteiger partial charge is 0.389 e. The van der Waals surface area contributed by atoms with Crippen LogP contribution >= 0.6 is 11.3 Å². The number of hydrogen-bond acceptors (Lipinski definition) is 2. The summed E-state index contributed by atoms with van der Waals surface area (Å²) in [4.78, 5) is 1.000. The fraction of sp³-hybridized carbons (Fsp3) is 0.556. The van der Waals surface area contributed by atoms with Gasteiger partial charge in [0.15, 0.2) is 0 Å². The van der Waals surface area contributed by atoms with E-state index in [1.807, 2.05) is 12.3 Å². The van der Waals surface area contributed by atoms with E-state index in [2.05, 4.69) is 0 Å². The summed E-state index contributed by atoms with van der Waals surface area (Å²) >= 11 is 1.50. The maximum absolute atomic E-state index is 11.9. The van der Waals surface area contributed by atoms with Crippen molar-refractivity contribution in [1.29, 1.82) is 0 Å². The van der Waals surface area contributed by atoms with E-state index in [1.54, 1.807) is 6.07 Å². The molecule has 0 bridgehead atoms. The van der Waals surface area contributed by atoms with Crippen LogP contribution in [0.4, 0.5) is 13.2 Å². The molecule has 0 radical (unpaired) electrons. The summed E-state index contributed by atoms with van der Waals surface area (Å²) in [7, 11) is 0. The van der Waals surface area contributed by atoms with Gasteiger partial charge >= 0.3 is 6.18 Å². The van der Waals surface area contributed by atoms with Crippen LogP contribution in [0.1, 0.15) is 29.3 Å². The number of aryl methyl sites for hydroxylation is 1. The zero-order valence-corrected chi connectivity index (χ0v) is 8.58. The Morgan fingerprint density at radius 3 is 2.57 bits per heavy atom. The minimum absolute atomic E-state index is 0.0406. The number of nitrogens with two attached hydrogens (primary N) is 1. The van der Waals surface area contributed by atoms with Gasteiger partial charge in [0.25, 0.3) is 0 Å². The molecule has 0 fully saturated rings. The second kappa shape index (κ2) is 4.31. The molecule has 0 saturated heterocycles. The van der Waals surface area contributed by atoms with Crippen molar-refractivity contribution in [3.8, 4) is 0 Å². The van der Waals surface area contributed by atoms with Gasteiger partial charge in [-0.3, -0.25) is 0 Å². The van der Waals surface area contributed by atoms with E-state index in [9.17, 15) is 13.2 Å². The van der Waals surface area contributed by atoms with E-state index in [0.29, 0.717) is 0 Å². The predicted octanol–water partition coefficient (Wildman–Crippen LogP) is 3.40. The van der Waals surface area contributed by atoms with Gasteiger partial charge < -0.3 is 5.73 Å². The molecule has 1 unspecified atom stereocenters. The van der Waals surface area contributed by atoms with E-state index in [1.165, 1.54) is 11.3 Å². The molecule has 1 aromatic rings. The quantitative estimate of drug-likeness (QED) is 0.835. The number of rotatable bonds is 3. The zero-order valence-electron chi connectivity index (χ0n) is 7.77. The normalized spacial score (nSPS) is 14.4. The Balaban J connectivity index is 2.51. The molecule has 1 rings (SSSR count). The highest BCUT2D eigenvalue weighted by Crippen LogP contribution is 2.29. The summed E-state index contributed by atoms with van der Waals surface area (Å²) in [5.41, 5.74) is 6.49. The van der Waals surface area contributed by atoms with Gasteiger partial charge in [-0.2, -0.15) is 13.2 Å². The number of alkyl halides is 3. The van der Waals surface area contributed by atoms with Crippen molar-refractivity contribution in [2.24, 2.45) is 5.73 Å². The maximum atomic E-state index is 11.9. The predicted molar refractivity (Wildman–Crippen MR) is 51.3 cm³/mol. The molecule has 1 heterocycles. The highest BCUT2D eigenvalue weighted by molar-refractivity contribution is 7.10. The van der Waals surface area contributed by atoms with Crippen LogP contribution in [0.2, 0.25) is 0 Å². The average molecular weight is 223 g/mol. The first-order chi connectivity index (χ1) is 6.40. The smallest absolute Gasteiger partial charge is 0.324 e. The van der Waals surface area contributed by atoms with Gasteiger partial charge in [-0.15, -0.1) is 11.3 Å². The van der Waals surface area contributed by atoms with Gasteiger partial charge in [0.2, 0.25) is 0 Å². The minimum Gasteiger partial charge on any atom is -0.324 e. The second-order valence-electron chi connectivity index (χ2n) is 3.19. The molecule has 5 heteroatoms. The summed E-state index contributed by atoms with van der Waals surface area (Å²) in [6.45, 7) is 1.87. The fourth-order valence-corrected chi connectivity index (χ4v) is 2.03. The highest BCUT2D eigenvalue weighted by atomic mass is 32.1. The van der Waals surface area contributed by atoms with Gasteiger partial charge in [-0.1, -0.05) is 0 Å². The molecule has 1 aromatic heterocycles. The van der Waals surface area contributed by atoms with Crippen molar-refractivity contribution in [1.82, 2.24) is 0 Å². The van der Waals surface area contributed by atoms with Crippen LogP contribution < -0.4 is 5.73 Å². The first-order valence-electron chi connectivity index (χ1n) is 4.26. The molecule has 0 aromatic carbocycles. The first-order valence-corrected chi connectivity index (χ1v) is 5.14. The first kappa shape index (κ1) is 11.5. The topological polar surface area (TPSA) is 26.0 Å². The van der Waals surface area contributed by atoms with E-state index < -0.39 is 18.6 Å². The lowest BCUT2D eigenvalue weighted by Crippen LogP contribution is -2.15. The van der Waals surface area contributed by atoms with Crippen LogP contribution in [-0.4, -0.2) is 6.18 Å². The molecule has 0 spiro atoms. The van der Waals surface area contributed by atoms with E-state index in [0.717, 1.165) is 10.4 Å². The van der Waals surface area contributed by atoms with Crippen molar-refractivity contribution < 1.29 is 13.2 Å². The minimum atomic E-state index is -4.11. The third-order valence-electron chi connectivity index (χ3n) is 2.04. The highest BCUT2D eigenvalue weighted by Gasteiger charge is 2.28. The lowest BCUT2D eigenvalue weighted by atomic mass is 10.0. The summed E-state index contributed by atoms with van der Waals surface area (Å²) in [5.74, 6) is 0. The number of halogens is 3. The third kappa shape index (κ3) is 3.31. The van der Waals surface area contributed by atoms with Crippen LogP contribution in [-0.2, 0) is 0 Å². The summed E-state index contributed by atoms with van der Waals surface area (Å²) < 4.78 is 35.7. The molecule has 0 saturated carbocycles. The Morgan fingerprint density at radius 2 is 2.14 bits per heavy atom. The van der Waals surface area contributed by atoms with Gasteiger partial charge in [-0.25, -0.2) is 0 Å². The molecule has 80 valence electrons. The molecule has 0 amide bonds. The number of hydrogen-bond donors (Lipinski definition) is 1. The van der Waals surface area contributed by atoms with E-state index in [-0.39, 0.29) is 6.42 Å². The van der Waals surface area contributed by atoms with Crippen LogP contribution in [0.25, 0.3) is 0 Å². The Hall–Kier alpha value is -0.550. The SMILES string of the molecule is Cc1sccc1C(N)CCC(F)(F)F. The van der Waals surface area contributed by atoms with Crippen molar-refractivity contribution >= 4 is 11.3 Å². The van der Waals surface area contributed by atoms with Crippen LogP contribution in [0.5, 0.6) is 0 Å². The standard InChI is InChI=1S/C9H12F3NS/c1-6-7(3-5-14-6)8(13)2-4-9(10,11)12/h3,5,8H,2,4,13H2,1H3. The average Bonchev–Trinajstić information content (AvgIpc) is 2.46. The van der Waals surface area contributed by atoms with E-state index >= 15 is 0 Å². The fourth-order valence-electron chi connectivity index (χ4n) is 1.25. The lowest BCUT2D eigenvalue weighted by Gasteiger charge is -2.12. The molecule has 14 heavy (non-hydrogen) atoms. The molecule has 1 nitrogen and oxygen atoms in total. The van der Waals surface area contributed by atoms with Crippen molar-refractivity contribution in [2.45, 2.75) is 32.0 Å². The zero-order chi connectivity index (χ0) is 10.8. The Kier molecular flexibility index (Phi) is 3.55. The Morgan fingerprint density at radius 1 is 1.50 bits per heavy atom. The maximum Gasteiger partial charge on any atom is 0.389 e. The van der Waals surface area contributed by atoms with Gasteiger partial charge in [0.05, 0.1) is 0 Å². The molecule has 2 N–H and O–H groups in total. The van der Waals surface area contributed by atoms with Crippen molar-refractivity contribution in [2.75, 3.05) is 0 Å². The Labute approximate surface area is 84.7 Å². The summed E-state index contributed by atoms with van der Waals surface area (Å²) in [6, 6.07) is 1.30. The third-order valence-corrected chi connectivity index (χ3v) is 2.90. The molecule has 0 aliphatic carbocycles. The van der Waals surface area contributed by atoms with Crippen molar-refractivity contribution in [3.05, 3.63) is 21.9 Å². The molecular weight excluding hydrogens is 211 g/mol. The Bertz CT molecular complexity index is 292.